The lowest BCUT2D eigenvalue weighted by molar-refractivity contribution is 0.0599. The third-order valence-electron chi connectivity index (χ3n) is 3.01. The summed E-state index contributed by atoms with van der Waals surface area (Å²) in [5.74, 6) is -1.21. The predicted molar refractivity (Wildman–Crippen MR) is 118 cm³/mol. The van der Waals surface area contributed by atoms with E-state index in [2.05, 4.69) is 36.6 Å². The van der Waals surface area contributed by atoms with Crippen LogP contribution in [-0.2, 0) is 15.1 Å². The molecule has 0 fully saturated rings. The number of methoxy groups -OCH3 is 1. The largest absolute Gasteiger partial charge is 0.478 e. The van der Waals surface area contributed by atoms with Crippen LogP contribution < -0.4 is 0 Å². The summed E-state index contributed by atoms with van der Waals surface area (Å²) in [6.45, 7) is 3.88. The maximum absolute atomic E-state index is 11.0. The van der Waals surface area contributed by atoms with E-state index in [1.807, 2.05) is 19.9 Å². The van der Waals surface area contributed by atoms with Crippen molar-refractivity contribution in [2.45, 2.75) is 13.8 Å². The van der Waals surface area contributed by atoms with Crippen LogP contribution in [0.15, 0.2) is 45.3 Å². The summed E-state index contributed by atoms with van der Waals surface area (Å²) in [5.41, 5.74) is 3.01. The highest BCUT2D eigenvalue weighted by Crippen LogP contribution is 2.18. The van der Waals surface area contributed by atoms with Crippen molar-refractivity contribution in [1.82, 2.24) is 0 Å². The van der Waals surface area contributed by atoms with E-state index >= 15 is 0 Å². The van der Waals surface area contributed by atoms with Crippen molar-refractivity contribution in [2.24, 2.45) is 0 Å². The highest BCUT2D eigenvalue weighted by Gasteiger charge is 2.05. The molecule has 168 valence electrons. The summed E-state index contributed by atoms with van der Waals surface area (Å²) in [7, 11) is -2.30. The first kappa shape index (κ1) is 30.4. The summed E-state index contributed by atoms with van der Waals surface area (Å²) in [6, 6.07) is 10.3. The minimum absolute atomic E-state index is 0.308. The molecule has 0 aliphatic rings. The average molecular weight is 574 g/mol. The third-order valence-corrected chi connectivity index (χ3v) is 4.72. The van der Waals surface area contributed by atoms with Crippen molar-refractivity contribution in [3.8, 4) is 0 Å². The SMILES string of the molecule is CO.COC(=O)c1ccc(C)c(Br)c1.Cc1ccc(C(=O)O)cc1Br.O=S(=O)(O)O. The van der Waals surface area contributed by atoms with Crippen LogP contribution >= 0.6 is 31.9 Å². The molecule has 0 aliphatic heterocycles. The maximum atomic E-state index is 11.0. The molecule has 0 radical (unpaired) electrons. The lowest BCUT2D eigenvalue weighted by atomic mass is 10.1. The molecule has 0 spiro atoms. The molecule has 0 amide bonds. The molecule has 30 heavy (non-hydrogen) atoms. The summed E-state index contributed by atoms with van der Waals surface area (Å²) in [6.07, 6.45) is 0. The van der Waals surface area contributed by atoms with Gasteiger partial charge in [0.1, 0.15) is 0 Å². The zero-order valence-corrected chi connectivity index (χ0v) is 20.4. The van der Waals surface area contributed by atoms with Crippen LogP contribution in [0.1, 0.15) is 31.8 Å². The maximum Gasteiger partial charge on any atom is 0.394 e. The Labute approximate surface area is 191 Å². The number of hydrogen-bond donors (Lipinski definition) is 4. The molecule has 0 atom stereocenters. The fourth-order valence-corrected chi connectivity index (χ4v) is 2.32. The summed E-state index contributed by atoms with van der Waals surface area (Å²) in [4.78, 5) is 21.5. The topological polar surface area (TPSA) is 158 Å². The molecule has 0 aromatic heterocycles. The molecule has 0 saturated heterocycles. The fraction of sp³-hybridized carbons (Fsp3) is 0.222. The highest BCUT2D eigenvalue weighted by molar-refractivity contribution is 9.10. The summed E-state index contributed by atoms with van der Waals surface area (Å²) < 4.78 is 37.9. The Morgan fingerprint density at radius 2 is 1.20 bits per heavy atom. The van der Waals surface area contributed by atoms with Crippen LogP contribution in [0.3, 0.4) is 0 Å². The fourth-order valence-electron chi connectivity index (χ4n) is 1.56. The van der Waals surface area contributed by atoms with Crippen LogP contribution in [0.5, 0.6) is 0 Å². The van der Waals surface area contributed by atoms with Gasteiger partial charge in [-0.2, -0.15) is 8.42 Å². The number of benzene rings is 2. The van der Waals surface area contributed by atoms with Crippen molar-refractivity contribution in [1.29, 1.82) is 0 Å². The van der Waals surface area contributed by atoms with Gasteiger partial charge in [-0.1, -0.05) is 44.0 Å². The third kappa shape index (κ3) is 14.2. The van der Waals surface area contributed by atoms with Gasteiger partial charge in [0.2, 0.25) is 0 Å². The minimum Gasteiger partial charge on any atom is -0.478 e. The second kappa shape index (κ2) is 15.0. The molecular formula is C18H22Br2O9S. The second-order valence-corrected chi connectivity index (χ2v) is 7.78. The van der Waals surface area contributed by atoms with Gasteiger partial charge in [0.15, 0.2) is 0 Å². The van der Waals surface area contributed by atoms with Gasteiger partial charge >= 0.3 is 22.3 Å². The van der Waals surface area contributed by atoms with Gasteiger partial charge in [-0.05, 0) is 49.2 Å². The number of halogens is 2. The van der Waals surface area contributed by atoms with Crippen molar-refractivity contribution in [3.05, 3.63) is 67.6 Å². The smallest absolute Gasteiger partial charge is 0.394 e. The molecule has 2 rings (SSSR count). The van der Waals surface area contributed by atoms with E-state index < -0.39 is 16.4 Å². The Morgan fingerprint density at radius 3 is 1.50 bits per heavy atom. The molecule has 2 aromatic rings. The minimum atomic E-state index is -4.67. The van der Waals surface area contributed by atoms with E-state index in [0.717, 1.165) is 27.2 Å². The van der Waals surface area contributed by atoms with Gasteiger partial charge in [-0.3, -0.25) is 9.11 Å². The molecule has 9 nitrogen and oxygen atoms in total. The highest BCUT2D eigenvalue weighted by atomic mass is 79.9. The number of carboxylic acids is 1. The van der Waals surface area contributed by atoms with E-state index in [4.69, 9.17) is 27.7 Å². The number of hydrogen-bond acceptors (Lipinski definition) is 6. The number of aryl methyl sites for hydroxylation is 2. The number of aliphatic hydroxyl groups excluding tert-OH is 1. The monoisotopic (exact) mass is 572 g/mol. The molecule has 0 unspecified atom stereocenters. The van der Waals surface area contributed by atoms with Crippen LogP contribution in [0.2, 0.25) is 0 Å². The number of carboxylic acid groups (broad SMARTS) is 1. The molecule has 12 heteroatoms. The van der Waals surface area contributed by atoms with Crippen molar-refractivity contribution >= 4 is 54.2 Å². The molecule has 4 N–H and O–H groups in total. The number of esters is 1. The van der Waals surface area contributed by atoms with Gasteiger partial charge in [-0.15, -0.1) is 0 Å². The number of aromatic carboxylic acids is 1. The van der Waals surface area contributed by atoms with E-state index in [-0.39, 0.29) is 5.97 Å². The Hall–Kier alpha value is -1.83. The van der Waals surface area contributed by atoms with Crippen LogP contribution in [0.4, 0.5) is 0 Å². The van der Waals surface area contributed by atoms with Gasteiger partial charge in [0.25, 0.3) is 0 Å². The summed E-state index contributed by atoms with van der Waals surface area (Å²) in [5, 5.41) is 15.6. The van der Waals surface area contributed by atoms with Crippen LogP contribution in [-0.4, -0.2) is 53.9 Å². The standard InChI is InChI=1S/C9H9BrO2.C8H7BrO2.CH4O.H2O4S/c1-6-3-4-7(5-8(6)10)9(11)12-2;1-5-2-3-6(8(10)11)4-7(5)9;1-2;1-5(2,3)4/h3-5H,1-2H3;2-4H,1H3,(H,10,11);2H,1H3;(H2,1,2,3,4). The molecule has 0 heterocycles. The van der Waals surface area contributed by atoms with E-state index in [1.54, 1.807) is 30.3 Å². The molecule has 2 aromatic carbocycles. The van der Waals surface area contributed by atoms with Crippen LogP contribution in [0, 0.1) is 13.8 Å². The predicted octanol–water partition coefficient (Wildman–Crippen LogP) is 3.96. The van der Waals surface area contributed by atoms with Crippen molar-refractivity contribution < 1.29 is 42.1 Å². The lowest BCUT2D eigenvalue weighted by Gasteiger charge is -2.01. The normalized spacial score (nSPS) is 9.50. The Balaban J connectivity index is 0. The van der Waals surface area contributed by atoms with Gasteiger partial charge in [-0.25, -0.2) is 9.59 Å². The zero-order valence-electron chi connectivity index (χ0n) is 16.5. The number of ether oxygens (including phenoxy) is 1. The first-order chi connectivity index (χ1) is 13.8. The number of rotatable bonds is 2. The first-order valence-corrected chi connectivity index (χ1v) is 10.7. The Morgan fingerprint density at radius 1 is 0.867 bits per heavy atom. The second-order valence-electron chi connectivity index (χ2n) is 5.17. The lowest BCUT2D eigenvalue weighted by Crippen LogP contribution is -2.00. The average Bonchev–Trinajstić information content (AvgIpc) is 2.66. The van der Waals surface area contributed by atoms with Gasteiger partial charge < -0.3 is 14.9 Å². The number of carbonyl (C=O) groups is 2. The number of carbonyl (C=O) groups excluding carboxylic acids is 1. The van der Waals surface area contributed by atoms with E-state index in [0.29, 0.717) is 11.1 Å². The molecule has 0 aliphatic carbocycles. The van der Waals surface area contributed by atoms with Crippen molar-refractivity contribution in [3.63, 3.8) is 0 Å². The van der Waals surface area contributed by atoms with Gasteiger partial charge in [0.05, 0.1) is 18.2 Å². The van der Waals surface area contributed by atoms with Gasteiger partial charge in [0, 0.05) is 16.1 Å². The Bertz CT molecular complexity index is 937. The Kier molecular flexibility index (Phi) is 15.2. The van der Waals surface area contributed by atoms with E-state index in [9.17, 15) is 9.59 Å². The van der Waals surface area contributed by atoms with Crippen LogP contribution in [0.25, 0.3) is 0 Å². The number of aliphatic hydroxyl groups is 1. The summed E-state index contributed by atoms with van der Waals surface area (Å²) >= 11 is 6.59. The molecule has 0 bridgehead atoms. The molecule has 0 saturated carbocycles. The zero-order chi connectivity index (χ0) is 24.1. The van der Waals surface area contributed by atoms with Crippen molar-refractivity contribution in [2.75, 3.05) is 14.2 Å². The first-order valence-electron chi connectivity index (χ1n) is 7.74. The van der Waals surface area contributed by atoms with E-state index in [1.165, 1.54) is 7.11 Å². The quantitative estimate of drug-likeness (QED) is 0.308. The molecular weight excluding hydrogens is 552 g/mol.